The van der Waals surface area contributed by atoms with Gasteiger partial charge < -0.3 is 9.72 Å². The number of aromatic nitrogens is 4. The topological polar surface area (TPSA) is 63.7 Å². The Morgan fingerprint density at radius 2 is 2.12 bits per heavy atom. The van der Waals surface area contributed by atoms with Crippen molar-refractivity contribution in [3.63, 3.8) is 0 Å². The number of fused-ring (bicyclic) bond motifs is 1. The van der Waals surface area contributed by atoms with Gasteiger partial charge in [-0.3, -0.25) is 0 Å². The average Bonchev–Trinajstić information content (AvgIpc) is 2.78. The number of aryl methyl sites for hydroxylation is 1. The van der Waals surface area contributed by atoms with Crippen LogP contribution >= 0.6 is 0 Å². The Bertz CT molecular complexity index is 662. The maximum Gasteiger partial charge on any atom is 0.248 e. The second-order valence-electron chi connectivity index (χ2n) is 3.70. The van der Waals surface area contributed by atoms with E-state index in [2.05, 4.69) is 19.9 Å². The van der Waals surface area contributed by atoms with Crippen LogP contribution in [0.25, 0.3) is 11.2 Å². The molecule has 0 radical (unpaired) electrons. The highest BCUT2D eigenvalue weighted by Gasteiger charge is 2.07. The number of hydrogen-bond donors (Lipinski definition) is 1. The molecule has 0 atom stereocenters. The Balaban J connectivity index is 2.02. The lowest BCUT2D eigenvalue weighted by Crippen LogP contribution is -1.91. The van der Waals surface area contributed by atoms with E-state index in [1.165, 1.54) is 6.33 Å². The molecule has 1 aromatic carbocycles. The minimum atomic E-state index is 0.484. The summed E-state index contributed by atoms with van der Waals surface area (Å²) in [6.45, 7) is 2.01. The van der Waals surface area contributed by atoms with Crippen molar-refractivity contribution in [2.24, 2.45) is 0 Å². The van der Waals surface area contributed by atoms with Crippen molar-refractivity contribution in [2.45, 2.75) is 6.92 Å². The molecule has 17 heavy (non-hydrogen) atoms. The van der Waals surface area contributed by atoms with E-state index in [0.29, 0.717) is 17.0 Å². The SMILES string of the molecule is Cc1cccc(Oc2ncnc3nc[nH]c23)c1. The van der Waals surface area contributed by atoms with Gasteiger partial charge in [0.05, 0.1) is 6.33 Å². The molecule has 2 heterocycles. The van der Waals surface area contributed by atoms with Crippen molar-refractivity contribution in [3.8, 4) is 11.6 Å². The van der Waals surface area contributed by atoms with Crippen molar-refractivity contribution in [3.05, 3.63) is 42.5 Å². The van der Waals surface area contributed by atoms with E-state index in [0.717, 1.165) is 11.3 Å². The molecule has 0 fully saturated rings. The molecule has 84 valence electrons. The zero-order valence-corrected chi connectivity index (χ0v) is 9.21. The van der Waals surface area contributed by atoms with E-state index in [1.807, 2.05) is 31.2 Å². The molecule has 3 aromatic rings. The van der Waals surface area contributed by atoms with E-state index >= 15 is 0 Å². The van der Waals surface area contributed by atoms with Crippen LogP contribution in [0.3, 0.4) is 0 Å². The van der Waals surface area contributed by atoms with Crippen LogP contribution in [-0.2, 0) is 0 Å². The standard InChI is InChI=1S/C12H10N4O/c1-8-3-2-4-9(5-8)17-12-10-11(14-6-13-10)15-7-16-12/h2-7H,1H3,(H,13,14,15,16). The van der Waals surface area contributed by atoms with Gasteiger partial charge in [-0.25, -0.2) is 9.97 Å². The number of benzene rings is 1. The molecule has 0 saturated heterocycles. The van der Waals surface area contributed by atoms with Gasteiger partial charge in [-0.1, -0.05) is 12.1 Å². The van der Waals surface area contributed by atoms with Gasteiger partial charge in [-0.2, -0.15) is 4.98 Å². The van der Waals surface area contributed by atoms with E-state index in [-0.39, 0.29) is 0 Å². The van der Waals surface area contributed by atoms with Crippen LogP contribution < -0.4 is 4.74 Å². The van der Waals surface area contributed by atoms with E-state index in [1.54, 1.807) is 6.33 Å². The highest BCUT2D eigenvalue weighted by molar-refractivity contribution is 5.75. The van der Waals surface area contributed by atoms with Crippen molar-refractivity contribution in [2.75, 3.05) is 0 Å². The third-order valence-electron chi connectivity index (χ3n) is 2.39. The van der Waals surface area contributed by atoms with Gasteiger partial charge in [0.25, 0.3) is 0 Å². The van der Waals surface area contributed by atoms with E-state index in [9.17, 15) is 0 Å². The second-order valence-corrected chi connectivity index (χ2v) is 3.70. The predicted molar refractivity (Wildman–Crippen MR) is 62.9 cm³/mol. The summed E-state index contributed by atoms with van der Waals surface area (Å²) in [6, 6.07) is 7.79. The number of aromatic amines is 1. The average molecular weight is 226 g/mol. The highest BCUT2D eigenvalue weighted by atomic mass is 16.5. The monoisotopic (exact) mass is 226 g/mol. The fourth-order valence-electron chi connectivity index (χ4n) is 1.61. The zero-order chi connectivity index (χ0) is 11.7. The van der Waals surface area contributed by atoms with Crippen LogP contribution in [-0.4, -0.2) is 19.9 Å². The first-order chi connectivity index (χ1) is 8.33. The third-order valence-corrected chi connectivity index (χ3v) is 2.39. The van der Waals surface area contributed by atoms with E-state index in [4.69, 9.17) is 4.74 Å². The maximum absolute atomic E-state index is 5.71. The van der Waals surface area contributed by atoms with Gasteiger partial charge >= 0.3 is 0 Å². The molecule has 0 amide bonds. The summed E-state index contributed by atoms with van der Waals surface area (Å²) < 4.78 is 5.71. The fraction of sp³-hybridized carbons (Fsp3) is 0.0833. The summed E-state index contributed by atoms with van der Waals surface area (Å²) in [4.78, 5) is 15.1. The second kappa shape index (κ2) is 3.86. The number of nitrogens with one attached hydrogen (secondary N) is 1. The molecule has 5 heteroatoms. The Labute approximate surface area is 97.5 Å². The lowest BCUT2D eigenvalue weighted by atomic mass is 10.2. The number of ether oxygens (including phenoxy) is 1. The molecule has 3 rings (SSSR count). The predicted octanol–water partition coefficient (Wildman–Crippen LogP) is 2.45. The molecule has 1 N–H and O–H groups in total. The summed E-state index contributed by atoms with van der Waals surface area (Å²) in [5.41, 5.74) is 2.44. The molecular formula is C12H10N4O. The molecule has 0 aliphatic rings. The lowest BCUT2D eigenvalue weighted by Gasteiger charge is -2.05. The minimum Gasteiger partial charge on any atom is -0.437 e. The van der Waals surface area contributed by atoms with Crippen molar-refractivity contribution in [1.29, 1.82) is 0 Å². The molecule has 0 bridgehead atoms. The van der Waals surface area contributed by atoms with Crippen molar-refractivity contribution < 1.29 is 4.74 Å². The van der Waals surface area contributed by atoms with Crippen LogP contribution in [0, 0.1) is 6.92 Å². The Morgan fingerprint density at radius 1 is 1.18 bits per heavy atom. The highest BCUT2D eigenvalue weighted by Crippen LogP contribution is 2.24. The summed E-state index contributed by atoms with van der Waals surface area (Å²) in [5.74, 6) is 1.23. The van der Waals surface area contributed by atoms with Gasteiger partial charge in [-0.05, 0) is 24.6 Å². The van der Waals surface area contributed by atoms with Crippen LogP contribution in [0.4, 0.5) is 0 Å². The fourth-order valence-corrected chi connectivity index (χ4v) is 1.61. The quantitative estimate of drug-likeness (QED) is 0.729. The van der Waals surface area contributed by atoms with E-state index < -0.39 is 0 Å². The molecule has 0 unspecified atom stereocenters. The largest absolute Gasteiger partial charge is 0.437 e. The smallest absolute Gasteiger partial charge is 0.248 e. The summed E-state index contributed by atoms with van der Waals surface area (Å²) >= 11 is 0. The van der Waals surface area contributed by atoms with Gasteiger partial charge in [-0.15, -0.1) is 0 Å². The maximum atomic E-state index is 5.71. The molecule has 0 aliphatic carbocycles. The van der Waals surface area contributed by atoms with Gasteiger partial charge in [0.1, 0.15) is 17.6 Å². The van der Waals surface area contributed by atoms with Gasteiger partial charge in [0.2, 0.25) is 5.88 Å². The molecular weight excluding hydrogens is 216 g/mol. The molecule has 0 spiro atoms. The molecule has 0 aliphatic heterocycles. The first-order valence-corrected chi connectivity index (χ1v) is 5.21. The Kier molecular flexibility index (Phi) is 2.22. The third kappa shape index (κ3) is 1.82. The van der Waals surface area contributed by atoms with Crippen LogP contribution in [0.15, 0.2) is 36.9 Å². The zero-order valence-electron chi connectivity index (χ0n) is 9.21. The van der Waals surface area contributed by atoms with Crippen LogP contribution in [0.2, 0.25) is 0 Å². The number of H-pyrrole nitrogens is 1. The summed E-state index contributed by atoms with van der Waals surface area (Å²) in [5, 5.41) is 0. The Morgan fingerprint density at radius 3 is 3.00 bits per heavy atom. The van der Waals surface area contributed by atoms with Crippen LogP contribution in [0.5, 0.6) is 11.6 Å². The van der Waals surface area contributed by atoms with Crippen molar-refractivity contribution in [1.82, 2.24) is 19.9 Å². The van der Waals surface area contributed by atoms with Crippen LogP contribution in [0.1, 0.15) is 5.56 Å². The number of nitrogens with zero attached hydrogens (tertiary/aromatic N) is 3. The van der Waals surface area contributed by atoms with Crippen molar-refractivity contribution >= 4 is 11.2 Å². The number of imidazole rings is 1. The lowest BCUT2D eigenvalue weighted by molar-refractivity contribution is 0.467. The molecule has 5 nitrogen and oxygen atoms in total. The Hall–Kier alpha value is -2.43. The molecule has 2 aromatic heterocycles. The minimum absolute atomic E-state index is 0.484. The number of rotatable bonds is 2. The van der Waals surface area contributed by atoms with Gasteiger partial charge in [0, 0.05) is 0 Å². The van der Waals surface area contributed by atoms with Gasteiger partial charge in [0.15, 0.2) is 5.65 Å². The summed E-state index contributed by atoms with van der Waals surface area (Å²) in [6.07, 6.45) is 3.01. The first kappa shape index (κ1) is 9.77. The first-order valence-electron chi connectivity index (χ1n) is 5.21. The normalized spacial score (nSPS) is 10.6. The molecule has 0 saturated carbocycles. The number of hydrogen-bond acceptors (Lipinski definition) is 4. The summed E-state index contributed by atoms with van der Waals surface area (Å²) in [7, 11) is 0.